The van der Waals surface area contributed by atoms with Crippen LogP contribution >= 0.6 is 0 Å². The average molecular weight is 158 g/mol. The molecule has 2 rings (SSSR count). The minimum absolute atomic E-state index is 1.21. The molecular formula is C10H10N2. The first-order chi connectivity index (χ1) is 5.86. The lowest BCUT2D eigenvalue weighted by atomic mass is 10.1. The van der Waals surface area contributed by atoms with Crippen LogP contribution in [0.2, 0.25) is 0 Å². The molecule has 2 aromatic rings. The van der Waals surface area contributed by atoms with Crippen molar-refractivity contribution < 1.29 is 0 Å². The summed E-state index contributed by atoms with van der Waals surface area (Å²) in [6.45, 7) is 0. The van der Waals surface area contributed by atoms with Crippen LogP contribution in [-0.2, 0) is 7.05 Å². The molecule has 0 fully saturated rings. The topological polar surface area (TPSA) is 17.8 Å². The summed E-state index contributed by atoms with van der Waals surface area (Å²) in [6, 6.07) is 6.11. The van der Waals surface area contributed by atoms with Gasteiger partial charge < -0.3 is 4.57 Å². The van der Waals surface area contributed by atoms with E-state index >= 15 is 0 Å². The number of hydrogen-bond acceptors (Lipinski definition) is 1. The molecule has 0 aliphatic rings. The van der Waals surface area contributed by atoms with Crippen molar-refractivity contribution in [2.24, 2.45) is 7.05 Å². The zero-order valence-corrected chi connectivity index (χ0v) is 6.94. The SMILES string of the molecule is Cn1ccc(-c2ccncc2)c1. The van der Waals surface area contributed by atoms with Crippen LogP contribution in [0.3, 0.4) is 0 Å². The highest BCUT2D eigenvalue weighted by atomic mass is 14.9. The highest BCUT2D eigenvalue weighted by Crippen LogP contribution is 2.17. The molecule has 0 amide bonds. The van der Waals surface area contributed by atoms with E-state index in [1.807, 2.05) is 42.3 Å². The molecule has 2 aromatic heterocycles. The summed E-state index contributed by atoms with van der Waals surface area (Å²) < 4.78 is 2.04. The van der Waals surface area contributed by atoms with Gasteiger partial charge >= 0.3 is 0 Å². The van der Waals surface area contributed by atoms with Crippen LogP contribution in [-0.4, -0.2) is 9.55 Å². The summed E-state index contributed by atoms with van der Waals surface area (Å²) in [5, 5.41) is 0. The van der Waals surface area contributed by atoms with Crippen molar-refractivity contribution in [3.05, 3.63) is 43.0 Å². The molecule has 0 aromatic carbocycles. The van der Waals surface area contributed by atoms with Crippen molar-refractivity contribution in [1.82, 2.24) is 9.55 Å². The smallest absolute Gasteiger partial charge is 0.0273 e. The van der Waals surface area contributed by atoms with Crippen molar-refractivity contribution in [2.75, 3.05) is 0 Å². The van der Waals surface area contributed by atoms with Gasteiger partial charge in [-0.2, -0.15) is 0 Å². The summed E-state index contributed by atoms with van der Waals surface area (Å²) in [4.78, 5) is 3.97. The van der Waals surface area contributed by atoms with Crippen LogP contribution in [0.5, 0.6) is 0 Å². The Kier molecular flexibility index (Phi) is 1.67. The molecular weight excluding hydrogens is 148 g/mol. The van der Waals surface area contributed by atoms with Crippen LogP contribution < -0.4 is 0 Å². The number of pyridine rings is 1. The van der Waals surface area contributed by atoms with Gasteiger partial charge in [0, 0.05) is 31.8 Å². The van der Waals surface area contributed by atoms with E-state index in [1.165, 1.54) is 11.1 Å². The molecule has 0 saturated heterocycles. The molecule has 0 atom stereocenters. The summed E-state index contributed by atoms with van der Waals surface area (Å²) in [5.41, 5.74) is 2.45. The van der Waals surface area contributed by atoms with Crippen molar-refractivity contribution in [2.45, 2.75) is 0 Å². The second kappa shape index (κ2) is 2.81. The average Bonchev–Trinajstić information content (AvgIpc) is 2.54. The molecule has 12 heavy (non-hydrogen) atoms. The van der Waals surface area contributed by atoms with E-state index in [0.717, 1.165) is 0 Å². The third-order valence-corrected chi connectivity index (χ3v) is 1.85. The summed E-state index contributed by atoms with van der Waals surface area (Å²) in [5.74, 6) is 0. The molecule has 0 aliphatic carbocycles. The highest BCUT2D eigenvalue weighted by molar-refractivity contribution is 5.61. The Hall–Kier alpha value is -1.57. The number of nitrogens with zero attached hydrogens (tertiary/aromatic N) is 2. The van der Waals surface area contributed by atoms with Gasteiger partial charge in [-0.05, 0) is 29.3 Å². The van der Waals surface area contributed by atoms with Crippen molar-refractivity contribution >= 4 is 0 Å². The highest BCUT2D eigenvalue weighted by Gasteiger charge is 1.96. The maximum atomic E-state index is 3.97. The minimum Gasteiger partial charge on any atom is -0.357 e. The zero-order valence-electron chi connectivity index (χ0n) is 6.94. The second-order valence-corrected chi connectivity index (χ2v) is 2.80. The van der Waals surface area contributed by atoms with E-state index in [4.69, 9.17) is 0 Å². The Bertz CT molecular complexity index is 362. The molecule has 0 bridgehead atoms. The molecule has 0 spiro atoms. The van der Waals surface area contributed by atoms with Gasteiger partial charge in [0.2, 0.25) is 0 Å². The minimum atomic E-state index is 1.21. The first-order valence-electron chi connectivity index (χ1n) is 3.88. The molecule has 0 N–H and O–H groups in total. The molecule has 0 radical (unpaired) electrons. The Morgan fingerprint density at radius 3 is 2.42 bits per heavy atom. The fourth-order valence-corrected chi connectivity index (χ4v) is 1.22. The van der Waals surface area contributed by atoms with E-state index in [-0.39, 0.29) is 0 Å². The molecule has 0 aliphatic heterocycles. The van der Waals surface area contributed by atoms with Crippen LogP contribution in [0, 0.1) is 0 Å². The molecule has 2 heteroatoms. The summed E-state index contributed by atoms with van der Waals surface area (Å²) in [6.07, 6.45) is 7.75. The van der Waals surface area contributed by atoms with E-state index in [1.54, 1.807) is 0 Å². The number of aryl methyl sites for hydroxylation is 1. The summed E-state index contributed by atoms with van der Waals surface area (Å²) in [7, 11) is 2.02. The Balaban J connectivity index is 2.45. The quantitative estimate of drug-likeness (QED) is 0.621. The molecule has 2 heterocycles. The van der Waals surface area contributed by atoms with Gasteiger partial charge in [-0.15, -0.1) is 0 Å². The van der Waals surface area contributed by atoms with Gasteiger partial charge in [0.05, 0.1) is 0 Å². The maximum absolute atomic E-state index is 3.97. The normalized spacial score (nSPS) is 10.1. The molecule has 2 nitrogen and oxygen atoms in total. The van der Waals surface area contributed by atoms with Gasteiger partial charge in [-0.25, -0.2) is 0 Å². The van der Waals surface area contributed by atoms with Crippen molar-refractivity contribution in [1.29, 1.82) is 0 Å². The van der Waals surface area contributed by atoms with Crippen molar-refractivity contribution in [3.63, 3.8) is 0 Å². The van der Waals surface area contributed by atoms with Gasteiger partial charge in [0.15, 0.2) is 0 Å². The fraction of sp³-hybridized carbons (Fsp3) is 0.100. The van der Waals surface area contributed by atoms with E-state index in [0.29, 0.717) is 0 Å². The van der Waals surface area contributed by atoms with Crippen LogP contribution in [0.1, 0.15) is 0 Å². The number of rotatable bonds is 1. The van der Waals surface area contributed by atoms with Gasteiger partial charge in [0.25, 0.3) is 0 Å². The second-order valence-electron chi connectivity index (χ2n) is 2.80. The van der Waals surface area contributed by atoms with E-state index < -0.39 is 0 Å². The lowest BCUT2D eigenvalue weighted by molar-refractivity contribution is 0.928. The largest absolute Gasteiger partial charge is 0.357 e. The lowest BCUT2D eigenvalue weighted by Gasteiger charge is -1.94. The van der Waals surface area contributed by atoms with E-state index in [2.05, 4.69) is 17.2 Å². The van der Waals surface area contributed by atoms with E-state index in [9.17, 15) is 0 Å². The maximum Gasteiger partial charge on any atom is 0.0273 e. The van der Waals surface area contributed by atoms with Gasteiger partial charge in [-0.1, -0.05) is 0 Å². The van der Waals surface area contributed by atoms with Crippen molar-refractivity contribution in [3.8, 4) is 11.1 Å². The third kappa shape index (κ3) is 1.23. The third-order valence-electron chi connectivity index (χ3n) is 1.85. The zero-order chi connectivity index (χ0) is 8.39. The number of hydrogen-bond donors (Lipinski definition) is 0. The lowest BCUT2D eigenvalue weighted by Crippen LogP contribution is -1.78. The molecule has 0 unspecified atom stereocenters. The fourth-order valence-electron chi connectivity index (χ4n) is 1.22. The predicted molar refractivity (Wildman–Crippen MR) is 48.6 cm³/mol. The molecule has 60 valence electrons. The standard InChI is InChI=1S/C10H10N2/c1-12-7-4-10(8-12)9-2-5-11-6-3-9/h2-8H,1H3. The predicted octanol–water partition coefficient (Wildman–Crippen LogP) is 2.09. The monoisotopic (exact) mass is 158 g/mol. The number of aromatic nitrogens is 2. The Labute approximate surface area is 71.5 Å². The van der Waals surface area contributed by atoms with Crippen LogP contribution in [0.25, 0.3) is 11.1 Å². The summed E-state index contributed by atoms with van der Waals surface area (Å²) >= 11 is 0. The first-order valence-corrected chi connectivity index (χ1v) is 3.88. The Morgan fingerprint density at radius 1 is 1.08 bits per heavy atom. The van der Waals surface area contributed by atoms with Gasteiger partial charge in [-0.3, -0.25) is 4.98 Å². The van der Waals surface area contributed by atoms with Crippen LogP contribution in [0.4, 0.5) is 0 Å². The molecule has 0 saturated carbocycles. The first kappa shape index (κ1) is 7.10. The van der Waals surface area contributed by atoms with Crippen LogP contribution in [0.15, 0.2) is 43.0 Å². The van der Waals surface area contributed by atoms with Gasteiger partial charge in [0.1, 0.15) is 0 Å². The Morgan fingerprint density at radius 2 is 1.83 bits per heavy atom.